The molecule has 1 fully saturated rings. The van der Waals surface area contributed by atoms with Gasteiger partial charge in [0.05, 0.1) is 29.2 Å². The van der Waals surface area contributed by atoms with Crippen molar-refractivity contribution in [2.75, 3.05) is 16.0 Å². The average Bonchev–Trinajstić information content (AvgIpc) is 2.93. The molecule has 0 radical (unpaired) electrons. The van der Waals surface area contributed by atoms with E-state index in [1.165, 1.54) is 18.3 Å². The summed E-state index contributed by atoms with van der Waals surface area (Å²) >= 11 is 6.29. The van der Waals surface area contributed by atoms with Crippen molar-refractivity contribution < 1.29 is 19.1 Å². The Labute approximate surface area is 230 Å². The number of Topliss-reactive ketones (excluding diaryl/α,β-unsaturated/α-hetero) is 1. The third-order valence-electron chi connectivity index (χ3n) is 6.08. The highest BCUT2D eigenvalue weighted by Crippen LogP contribution is 2.33. The van der Waals surface area contributed by atoms with Gasteiger partial charge in [0.2, 0.25) is 11.9 Å². The maximum Gasteiger partial charge on any atom is 0.289 e. The third-order valence-corrected chi connectivity index (χ3v) is 6.36. The van der Waals surface area contributed by atoms with Gasteiger partial charge in [-0.1, -0.05) is 30.3 Å². The second-order valence-corrected chi connectivity index (χ2v) is 9.35. The number of amides is 2. The topological polar surface area (TPSA) is 174 Å². The normalized spacial score (nSPS) is 16.6. The molecule has 0 aliphatic heterocycles. The molecular weight excluding hydrogens is 522 g/mol. The molecule has 0 saturated heterocycles. The smallest absolute Gasteiger partial charge is 0.289 e. The van der Waals surface area contributed by atoms with Crippen LogP contribution in [0.4, 0.5) is 28.8 Å². The van der Waals surface area contributed by atoms with E-state index in [9.17, 15) is 14.4 Å². The Morgan fingerprint density at radius 1 is 1.05 bits per heavy atom. The number of nitrogens with two attached hydrogens (primary N) is 2. The number of anilines is 5. The number of carbonyl (C=O) groups excluding carboxylic acids is 3. The van der Waals surface area contributed by atoms with Crippen LogP contribution in [0.2, 0.25) is 5.02 Å². The number of carbonyl (C=O) groups is 3. The lowest BCUT2D eigenvalue weighted by atomic mass is 9.94. The second kappa shape index (κ2) is 12.4. The average molecular weight is 550 g/mol. The van der Waals surface area contributed by atoms with Crippen molar-refractivity contribution in [2.24, 2.45) is 11.5 Å². The molecule has 0 bridgehead atoms. The summed E-state index contributed by atoms with van der Waals surface area (Å²) in [4.78, 5) is 44.3. The highest BCUT2D eigenvalue weighted by Gasteiger charge is 2.22. The first-order valence-electron chi connectivity index (χ1n) is 12.2. The number of nitrogens with zero attached hydrogens (tertiary/aromatic N) is 2. The first kappa shape index (κ1) is 27.6. The molecule has 1 aliphatic rings. The van der Waals surface area contributed by atoms with Crippen molar-refractivity contribution in [1.82, 2.24) is 9.97 Å². The molecule has 2 aromatic carbocycles. The summed E-state index contributed by atoms with van der Waals surface area (Å²) in [5.74, 6) is -1.44. The zero-order valence-electron chi connectivity index (χ0n) is 20.9. The van der Waals surface area contributed by atoms with Gasteiger partial charge in [0.25, 0.3) is 11.7 Å². The molecule has 1 aromatic heterocycles. The van der Waals surface area contributed by atoms with E-state index in [4.69, 9.17) is 27.8 Å². The highest BCUT2D eigenvalue weighted by molar-refractivity contribution is 6.43. The van der Waals surface area contributed by atoms with E-state index in [0.717, 1.165) is 25.7 Å². The summed E-state index contributed by atoms with van der Waals surface area (Å²) in [6.45, 7) is 3.51. The van der Waals surface area contributed by atoms with Gasteiger partial charge in [-0.05, 0) is 62.1 Å². The van der Waals surface area contributed by atoms with E-state index in [1.807, 2.05) is 0 Å². The number of aromatic nitrogens is 2. The van der Waals surface area contributed by atoms with Crippen molar-refractivity contribution in [3.63, 3.8) is 0 Å². The van der Waals surface area contributed by atoms with Crippen LogP contribution in [0.5, 0.6) is 5.75 Å². The minimum absolute atomic E-state index is 0.000507. The Balaban J connectivity index is 1.56. The molecule has 39 heavy (non-hydrogen) atoms. The maximum absolute atomic E-state index is 12.2. The number of halogens is 1. The maximum atomic E-state index is 12.2. The molecule has 1 saturated carbocycles. The summed E-state index contributed by atoms with van der Waals surface area (Å²) in [5.41, 5.74) is 12.6. The van der Waals surface area contributed by atoms with E-state index in [1.54, 1.807) is 36.4 Å². The van der Waals surface area contributed by atoms with E-state index in [-0.39, 0.29) is 40.4 Å². The van der Waals surface area contributed by atoms with Gasteiger partial charge < -0.3 is 32.2 Å². The van der Waals surface area contributed by atoms with Crippen LogP contribution in [0.25, 0.3) is 0 Å². The van der Waals surface area contributed by atoms with Gasteiger partial charge >= 0.3 is 0 Å². The number of ether oxygens (including phenoxy) is 1. The van der Waals surface area contributed by atoms with Crippen LogP contribution in [0.15, 0.2) is 61.3 Å². The van der Waals surface area contributed by atoms with E-state index in [2.05, 4.69) is 32.5 Å². The van der Waals surface area contributed by atoms with Gasteiger partial charge in [-0.15, -0.1) is 0 Å². The highest BCUT2D eigenvalue weighted by atomic mass is 35.5. The standard InChI is InChI=1S/C27H28ClN7O4/c1-2-23(36)33-21-13-16(9-12-22(21)39-17-10-7-15(29)8-11-17)32-27-31-14-19(28)26(35-27)34-20-6-4-3-5-18(20)24(37)25(30)38/h2-6,9,12-15,17H,1,7-8,10-11,29H2,(H2,30,38)(H,33,36)(H2,31,32,34,35). The van der Waals surface area contributed by atoms with Gasteiger partial charge in [0.1, 0.15) is 10.8 Å². The fourth-order valence-corrected chi connectivity index (χ4v) is 4.21. The van der Waals surface area contributed by atoms with Crippen LogP contribution >= 0.6 is 11.6 Å². The first-order chi connectivity index (χ1) is 18.7. The van der Waals surface area contributed by atoms with Crippen molar-refractivity contribution in [2.45, 2.75) is 37.8 Å². The van der Waals surface area contributed by atoms with Crippen molar-refractivity contribution >= 4 is 58.0 Å². The summed E-state index contributed by atoms with van der Waals surface area (Å²) in [6, 6.07) is 11.7. The molecule has 3 aromatic rings. The largest absolute Gasteiger partial charge is 0.488 e. The molecule has 0 unspecified atom stereocenters. The van der Waals surface area contributed by atoms with Crippen molar-refractivity contribution in [1.29, 1.82) is 0 Å². The molecule has 0 atom stereocenters. The van der Waals surface area contributed by atoms with Gasteiger partial charge in [0.15, 0.2) is 5.82 Å². The monoisotopic (exact) mass is 549 g/mol. The Morgan fingerprint density at radius 2 is 1.79 bits per heavy atom. The molecule has 0 spiro atoms. The SMILES string of the molecule is C=CC(=O)Nc1cc(Nc2ncc(Cl)c(Nc3ccccc3C(=O)C(N)=O)n2)ccc1OC1CCC(N)CC1. The van der Waals surface area contributed by atoms with Crippen LogP contribution in [0.1, 0.15) is 36.0 Å². The van der Waals surface area contributed by atoms with E-state index < -0.39 is 11.7 Å². The third kappa shape index (κ3) is 7.09. The zero-order chi connectivity index (χ0) is 27.9. The summed E-state index contributed by atoms with van der Waals surface area (Å²) in [7, 11) is 0. The van der Waals surface area contributed by atoms with Gasteiger partial charge in [-0.3, -0.25) is 14.4 Å². The predicted molar refractivity (Wildman–Crippen MR) is 150 cm³/mol. The summed E-state index contributed by atoms with van der Waals surface area (Å²) < 4.78 is 6.18. The van der Waals surface area contributed by atoms with Crippen LogP contribution in [-0.2, 0) is 9.59 Å². The van der Waals surface area contributed by atoms with Crippen LogP contribution in [0.3, 0.4) is 0 Å². The van der Waals surface area contributed by atoms with Crippen LogP contribution < -0.4 is 32.2 Å². The lowest BCUT2D eigenvalue weighted by molar-refractivity contribution is -0.114. The van der Waals surface area contributed by atoms with Crippen molar-refractivity contribution in [3.05, 3.63) is 71.9 Å². The minimum atomic E-state index is -1.08. The lowest BCUT2D eigenvalue weighted by Gasteiger charge is -2.27. The lowest BCUT2D eigenvalue weighted by Crippen LogP contribution is -2.31. The molecule has 11 nitrogen and oxygen atoms in total. The quantitative estimate of drug-likeness (QED) is 0.142. The molecule has 4 rings (SSSR count). The Kier molecular flexibility index (Phi) is 8.74. The Morgan fingerprint density at radius 3 is 2.51 bits per heavy atom. The predicted octanol–water partition coefficient (Wildman–Crippen LogP) is 4.06. The van der Waals surface area contributed by atoms with Gasteiger partial charge in [-0.2, -0.15) is 4.98 Å². The van der Waals surface area contributed by atoms with Gasteiger partial charge in [-0.25, -0.2) is 4.98 Å². The van der Waals surface area contributed by atoms with E-state index in [0.29, 0.717) is 22.8 Å². The Hall–Kier alpha value is -4.48. The number of hydrogen-bond acceptors (Lipinski definition) is 9. The van der Waals surface area contributed by atoms with Crippen molar-refractivity contribution in [3.8, 4) is 5.75 Å². The second-order valence-electron chi connectivity index (χ2n) is 8.94. The summed E-state index contributed by atoms with van der Waals surface area (Å²) in [5, 5.41) is 8.98. The number of rotatable bonds is 10. The molecule has 1 aliphatic carbocycles. The number of nitrogens with one attached hydrogen (secondary N) is 3. The molecular formula is C27H28ClN7O4. The van der Waals surface area contributed by atoms with Crippen LogP contribution in [0, 0.1) is 0 Å². The first-order valence-corrected chi connectivity index (χ1v) is 12.6. The number of ketones is 1. The molecule has 12 heteroatoms. The summed E-state index contributed by atoms with van der Waals surface area (Å²) in [6.07, 6.45) is 5.97. The molecule has 202 valence electrons. The number of primary amides is 1. The zero-order valence-corrected chi connectivity index (χ0v) is 21.7. The van der Waals surface area contributed by atoms with E-state index >= 15 is 0 Å². The number of benzene rings is 2. The molecule has 7 N–H and O–H groups in total. The van der Waals surface area contributed by atoms with Crippen LogP contribution in [-0.4, -0.2) is 39.7 Å². The van der Waals surface area contributed by atoms with Gasteiger partial charge in [0, 0.05) is 11.7 Å². The molecule has 2 amide bonds. The molecule has 1 heterocycles. The fraction of sp³-hybridized carbons (Fsp3) is 0.222. The fourth-order valence-electron chi connectivity index (χ4n) is 4.07. The number of para-hydroxylation sites is 1. The Bertz CT molecular complexity index is 1410. The number of hydrogen-bond donors (Lipinski definition) is 5. The minimum Gasteiger partial charge on any atom is -0.488 e.